The van der Waals surface area contributed by atoms with Gasteiger partial charge in [0.15, 0.2) is 11.6 Å². The molecule has 27 heavy (non-hydrogen) atoms. The van der Waals surface area contributed by atoms with Crippen LogP contribution in [0.1, 0.15) is 17.0 Å². The zero-order chi connectivity index (χ0) is 19.7. The van der Waals surface area contributed by atoms with Gasteiger partial charge in [0.2, 0.25) is 0 Å². The standard InChI is InChI=1S/C18H24FN5O3/c1-12-14(13(2)21(3)20-12)11-22-5-7-23(8-6-22)16-10-18(27-4)15(19)9-17(16)24(25)26/h9-10H,5-8,11H2,1-4H3. The summed E-state index contributed by atoms with van der Waals surface area (Å²) >= 11 is 0. The second kappa shape index (κ2) is 7.51. The van der Waals surface area contributed by atoms with E-state index in [0.29, 0.717) is 18.8 Å². The van der Waals surface area contributed by atoms with Crippen LogP contribution in [0.4, 0.5) is 15.8 Å². The molecule has 1 saturated heterocycles. The molecule has 0 N–H and O–H groups in total. The molecule has 2 heterocycles. The Labute approximate surface area is 157 Å². The minimum atomic E-state index is -0.728. The van der Waals surface area contributed by atoms with E-state index in [0.717, 1.165) is 37.1 Å². The van der Waals surface area contributed by atoms with Crippen LogP contribution in [0.25, 0.3) is 0 Å². The molecule has 0 spiro atoms. The summed E-state index contributed by atoms with van der Waals surface area (Å²) in [5.74, 6) is -0.714. The molecule has 1 aromatic heterocycles. The summed E-state index contributed by atoms with van der Waals surface area (Å²) in [6.45, 7) is 7.61. The predicted octanol–water partition coefficient (Wildman–Crippen LogP) is 2.42. The molecule has 3 rings (SSSR count). The van der Waals surface area contributed by atoms with Crippen molar-refractivity contribution in [3.63, 3.8) is 0 Å². The molecule has 0 saturated carbocycles. The zero-order valence-corrected chi connectivity index (χ0v) is 16.0. The topological polar surface area (TPSA) is 76.7 Å². The molecule has 2 aromatic rings. The van der Waals surface area contributed by atoms with Crippen molar-refractivity contribution in [2.45, 2.75) is 20.4 Å². The SMILES string of the molecule is COc1cc(N2CCN(Cc3c(C)nn(C)c3C)CC2)c([N+](=O)[O-])cc1F. The average molecular weight is 377 g/mol. The first-order valence-corrected chi connectivity index (χ1v) is 8.80. The number of ether oxygens (including phenoxy) is 1. The second-order valence-corrected chi connectivity index (χ2v) is 6.77. The quantitative estimate of drug-likeness (QED) is 0.588. The Hall–Kier alpha value is -2.68. The smallest absolute Gasteiger partial charge is 0.295 e. The lowest BCUT2D eigenvalue weighted by Crippen LogP contribution is -2.46. The third-order valence-corrected chi connectivity index (χ3v) is 5.20. The monoisotopic (exact) mass is 377 g/mol. The summed E-state index contributed by atoms with van der Waals surface area (Å²) in [5, 5.41) is 15.8. The summed E-state index contributed by atoms with van der Waals surface area (Å²) in [7, 11) is 3.29. The number of aryl methyl sites for hydroxylation is 2. The van der Waals surface area contributed by atoms with E-state index in [2.05, 4.69) is 16.9 Å². The minimum absolute atomic E-state index is 0.0136. The molecule has 1 fully saturated rings. The molecular weight excluding hydrogens is 353 g/mol. The number of hydrogen-bond donors (Lipinski definition) is 0. The Morgan fingerprint density at radius 3 is 2.44 bits per heavy atom. The number of aromatic nitrogens is 2. The van der Waals surface area contributed by atoms with E-state index < -0.39 is 10.7 Å². The molecule has 1 aromatic carbocycles. The largest absolute Gasteiger partial charge is 0.494 e. The molecule has 1 aliphatic heterocycles. The number of methoxy groups -OCH3 is 1. The highest BCUT2D eigenvalue weighted by Gasteiger charge is 2.27. The van der Waals surface area contributed by atoms with Crippen LogP contribution in [-0.4, -0.2) is 52.9 Å². The number of nitrogens with zero attached hydrogens (tertiary/aromatic N) is 5. The van der Waals surface area contributed by atoms with Crippen molar-refractivity contribution in [2.75, 3.05) is 38.2 Å². The number of nitro groups is 1. The normalized spacial score (nSPS) is 15.2. The van der Waals surface area contributed by atoms with Crippen molar-refractivity contribution in [2.24, 2.45) is 7.05 Å². The van der Waals surface area contributed by atoms with Gasteiger partial charge in [0, 0.05) is 57.1 Å². The van der Waals surface area contributed by atoms with Crippen molar-refractivity contribution in [1.29, 1.82) is 0 Å². The van der Waals surface area contributed by atoms with Crippen LogP contribution < -0.4 is 9.64 Å². The maximum Gasteiger partial charge on any atom is 0.295 e. The minimum Gasteiger partial charge on any atom is -0.494 e. The van der Waals surface area contributed by atoms with Gasteiger partial charge in [-0.15, -0.1) is 0 Å². The lowest BCUT2D eigenvalue weighted by atomic mass is 10.1. The van der Waals surface area contributed by atoms with Crippen LogP contribution in [0.2, 0.25) is 0 Å². The van der Waals surface area contributed by atoms with Crippen LogP contribution in [0.3, 0.4) is 0 Å². The Morgan fingerprint density at radius 2 is 1.93 bits per heavy atom. The van der Waals surface area contributed by atoms with Gasteiger partial charge >= 0.3 is 0 Å². The first-order valence-electron chi connectivity index (χ1n) is 8.80. The highest BCUT2D eigenvalue weighted by atomic mass is 19.1. The summed E-state index contributed by atoms with van der Waals surface area (Å²) < 4.78 is 20.8. The molecule has 0 atom stereocenters. The maximum atomic E-state index is 13.9. The maximum absolute atomic E-state index is 13.9. The molecule has 8 nitrogen and oxygen atoms in total. The second-order valence-electron chi connectivity index (χ2n) is 6.77. The summed E-state index contributed by atoms with van der Waals surface area (Å²) in [6.07, 6.45) is 0. The molecule has 9 heteroatoms. The van der Waals surface area contributed by atoms with E-state index >= 15 is 0 Å². The highest BCUT2D eigenvalue weighted by Crippen LogP contribution is 2.35. The van der Waals surface area contributed by atoms with E-state index in [1.54, 1.807) is 0 Å². The van der Waals surface area contributed by atoms with Crippen molar-refractivity contribution < 1.29 is 14.1 Å². The van der Waals surface area contributed by atoms with Crippen molar-refractivity contribution >= 4 is 11.4 Å². The van der Waals surface area contributed by atoms with Gasteiger partial charge in [-0.1, -0.05) is 0 Å². The number of halogens is 1. The van der Waals surface area contributed by atoms with E-state index in [1.165, 1.54) is 18.7 Å². The van der Waals surface area contributed by atoms with Crippen molar-refractivity contribution in [3.8, 4) is 5.75 Å². The Bertz CT molecular complexity index is 859. The molecule has 0 aliphatic carbocycles. The molecule has 1 aliphatic rings. The Kier molecular flexibility index (Phi) is 5.31. The van der Waals surface area contributed by atoms with Crippen LogP contribution in [0.5, 0.6) is 5.75 Å². The van der Waals surface area contributed by atoms with Crippen LogP contribution in [-0.2, 0) is 13.6 Å². The fraction of sp³-hybridized carbons (Fsp3) is 0.500. The van der Waals surface area contributed by atoms with Gasteiger partial charge in [-0.05, 0) is 13.8 Å². The van der Waals surface area contributed by atoms with Gasteiger partial charge in [0.05, 0.1) is 23.8 Å². The molecule has 0 bridgehead atoms. The molecule has 146 valence electrons. The summed E-state index contributed by atoms with van der Waals surface area (Å²) in [4.78, 5) is 15.0. The van der Waals surface area contributed by atoms with Gasteiger partial charge in [-0.25, -0.2) is 4.39 Å². The van der Waals surface area contributed by atoms with E-state index in [-0.39, 0.29) is 11.4 Å². The molecule has 0 radical (unpaired) electrons. The number of nitro benzene ring substituents is 1. The fourth-order valence-electron chi connectivity index (χ4n) is 3.50. The number of hydrogen-bond acceptors (Lipinski definition) is 6. The third kappa shape index (κ3) is 3.73. The van der Waals surface area contributed by atoms with Crippen molar-refractivity contribution in [1.82, 2.24) is 14.7 Å². The Morgan fingerprint density at radius 1 is 1.26 bits per heavy atom. The Balaban J connectivity index is 1.75. The van der Waals surface area contributed by atoms with Gasteiger partial charge in [0.25, 0.3) is 5.69 Å². The third-order valence-electron chi connectivity index (χ3n) is 5.20. The van der Waals surface area contributed by atoms with E-state index in [9.17, 15) is 14.5 Å². The lowest BCUT2D eigenvalue weighted by Gasteiger charge is -2.36. The molecule has 0 unspecified atom stereocenters. The van der Waals surface area contributed by atoms with Gasteiger partial charge in [-0.3, -0.25) is 19.7 Å². The fourth-order valence-corrected chi connectivity index (χ4v) is 3.50. The van der Waals surface area contributed by atoms with Gasteiger partial charge in [0.1, 0.15) is 5.69 Å². The van der Waals surface area contributed by atoms with E-state index in [4.69, 9.17) is 4.74 Å². The zero-order valence-electron chi connectivity index (χ0n) is 16.0. The first-order chi connectivity index (χ1) is 12.8. The number of anilines is 1. The van der Waals surface area contributed by atoms with E-state index in [1.807, 2.05) is 23.6 Å². The highest BCUT2D eigenvalue weighted by molar-refractivity contribution is 5.66. The van der Waals surface area contributed by atoms with Crippen molar-refractivity contribution in [3.05, 3.63) is 45.0 Å². The summed E-state index contributed by atoms with van der Waals surface area (Å²) in [5.41, 5.74) is 3.55. The molecule has 0 amide bonds. The van der Waals surface area contributed by atoms with Crippen LogP contribution in [0.15, 0.2) is 12.1 Å². The van der Waals surface area contributed by atoms with Crippen LogP contribution >= 0.6 is 0 Å². The van der Waals surface area contributed by atoms with Crippen LogP contribution in [0, 0.1) is 29.8 Å². The number of piperazine rings is 1. The lowest BCUT2D eigenvalue weighted by molar-refractivity contribution is -0.384. The van der Waals surface area contributed by atoms with Gasteiger partial charge in [-0.2, -0.15) is 5.10 Å². The van der Waals surface area contributed by atoms with Gasteiger partial charge < -0.3 is 9.64 Å². The molecular formula is C18H24FN5O3. The number of rotatable bonds is 5. The predicted molar refractivity (Wildman–Crippen MR) is 99.8 cm³/mol. The average Bonchev–Trinajstić information content (AvgIpc) is 2.88. The first kappa shape index (κ1) is 19.1. The number of benzene rings is 1. The summed E-state index contributed by atoms with van der Waals surface area (Å²) in [6, 6.07) is 2.35.